The van der Waals surface area contributed by atoms with Gasteiger partial charge >= 0.3 is 5.97 Å². The number of ether oxygens (including phenoxy) is 1. The Morgan fingerprint density at radius 3 is 2.15 bits per heavy atom. The molecular weight excluding hydrogens is 252 g/mol. The molecule has 2 rings (SSSR count). The zero-order valence-corrected chi connectivity index (χ0v) is 11.3. The Hall–Kier alpha value is -2.13. The number of hydrogen-bond acceptors (Lipinski definition) is 2. The molecule has 0 aromatic heterocycles. The number of rotatable bonds is 7. The van der Waals surface area contributed by atoms with E-state index in [9.17, 15) is 4.79 Å². The molecule has 0 aliphatic rings. The van der Waals surface area contributed by atoms with Gasteiger partial charge < -0.3 is 9.84 Å². The van der Waals surface area contributed by atoms with Crippen LogP contribution in [0.3, 0.4) is 0 Å². The van der Waals surface area contributed by atoms with Crippen molar-refractivity contribution in [2.45, 2.75) is 12.8 Å². The Kier molecular flexibility index (Phi) is 5.33. The highest BCUT2D eigenvalue weighted by Crippen LogP contribution is 2.11. The predicted molar refractivity (Wildman–Crippen MR) is 77.8 cm³/mol. The normalized spacial score (nSPS) is 10.4. The molecule has 20 heavy (non-hydrogen) atoms. The van der Waals surface area contributed by atoms with Gasteiger partial charge in [-0.3, -0.25) is 0 Å². The van der Waals surface area contributed by atoms with Crippen LogP contribution in [-0.4, -0.2) is 24.3 Å². The molecule has 0 saturated carbocycles. The van der Waals surface area contributed by atoms with Gasteiger partial charge in [-0.25, -0.2) is 4.79 Å². The third-order valence-electron chi connectivity index (χ3n) is 3.03. The van der Waals surface area contributed by atoms with Gasteiger partial charge in [0.25, 0.3) is 0 Å². The number of hydrogen-bond donors (Lipinski definition) is 1. The largest absolute Gasteiger partial charge is 0.480 e. The molecule has 104 valence electrons. The van der Waals surface area contributed by atoms with E-state index in [1.54, 1.807) is 0 Å². The van der Waals surface area contributed by atoms with E-state index in [2.05, 4.69) is 36.4 Å². The lowest BCUT2D eigenvalue weighted by atomic mass is 10.0. The standard InChI is InChI=1S/C17H18O3/c18-17(19)13-20-11-10-14-6-8-16(9-7-14)12-15-4-2-1-3-5-15/h1-9H,10-13H2,(H,18,19). The van der Waals surface area contributed by atoms with Crippen molar-refractivity contribution in [2.24, 2.45) is 0 Å². The van der Waals surface area contributed by atoms with Crippen molar-refractivity contribution in [3.05, 3.63) is 71.3 Å². The summed E-state index contributed by atoms with van der Waals surface area (Å²) in [6.45, 7) is 0.205. The van der Waals surface area contributed by atoms with Crippen LogP contribution in [0.2, 0.25) is 0 Å². The molecule has 0 radical (unpaired) electrons. The van der Waals surface area contributed by atoms with Gasteiger partial charge in [-0.15, -0.1) is 0 Å². The average molecular weight is 270 g/mol. The van der Waals surface area contributed by atoms with Gasteiger partial charge in [0.15, 0.2) is 0 Å². The summed E-state index contributed by atoms with van der Waals surface area (Å²) in [5.74, 6) is -0.928. The number of carboxylic acid groups (broad SMARTS) is 1. The van der Waals surface area contributed by atoms with Crippen LogP contribution in [0, 0.1) is 0 Å². The first-order chi connectivity index (χ1) is 9.74. The molecule has 0 amide bonds. The first-order valence-corrected chi connectivity index (χ1v) is 6.65. The van der Waals surface area contributed by atoms with Crippen LogP contribution < -0.4 is 0 Å². The summed E-state index contributed by atoms with van der Waals surface area (Å²) in [7, 11) is 0. The molecule has 0 atom stereocenters. The fraction of sp³-hybridized carbons (Fsp3) is 0.235. The van der Waals surface area contributed by atoms with E-state index >= 15 is 0 Å². The van der Waals surface area contributed by atoms with Crippen LogP contribution in [0.5, 0.6) is 0 Å². The van der Waals surface area contributed by atoms with Crippen LogP contribution in [0.25, 0.3) is 0 Å². The smallest absolute Gasteiger partial charge is 0.329 e. The van der Waals surface area contributed by atoms with Crippen molar-refractivity contribution in [3.8, 4) is 0 Å². The maximum atomic E-state index is 10.3. The van der Waals surface area contributed by atoms with Crippen molar-refractivity contribution in [2.75, 3.05) is 13.2 Å². The topological polar surface area (TPSA) is 46.5 Å². The first kappa shape index (κ1) is 14.3. The third-order valence-corrected chi connectivity index (χ3v) is 3.03. The van der Waals surface area contributed by atoms with Crippen LogP contribution in [0.4, 0.5) is 0 Å². The maximum Gasteiger partial charge on any atom is 0.329 e. The average Bonchev–Trinajstić information content (AvgIpc) is 2.46. The first-order valence-electron chi connectivity index (χ1n) is 6.65. The summed E-state index contributed by atoms with van der Waals surface area (Å²) >= 11 is 0. The highest BCUT2D eigenvalue weighted by molar-refractivity contribution is 5.67. The Balaban J connectivity index is 1.82. The highest BCUT2D eigenvalue weighted by atomic mass is 16.5. The van der Waals surface area contributed by atoms with E-state index in [1.807, 2.05) is 18.2 Å². The third kappa shape index (κ3) is 4.86. The quantitative estimate of drug-likeness (QED) is 0.787. The Labute approximate surface area is 118 Å². The van der Waals surface area contributed by atoms with E-state index in [0.29, 0.717) is 6.61 Å². The Bertz CT molecular complexity index is 532. The zero-order chi connectivity index (χ0) is 14.2. The van der Waals surface area contributed by atoms with E-state index in [1.165, 1.54) is 11.1 Å². The van der Waals surface area contributed by atoms with E-state index in [-0.39, 0.29) is 6.61 Å². The van der Waals surface area contributed by atoms with Crippen molar-refractivity contribution in [1.82, 2.24) is 0 Å². The van der Waals surface area contributed by atoms with Crippen LogP contribution >= 0.6 is 0 Å². The maximum absolute atomic E-state index is 10.3. The minimum atomic E-state index is -0.928. The molecule has 0 bridgehead atoms. The van der Waals surface area contributed by atoms with Crippen molar-refractivity contribution in [3.63, 3.8) is 0 Å². The molecule has 2 aromatic carbocycles. The van der Waals surface area contributed by atoms with Gasteiger partial charge in [-0.2, -0.15) is 0 Å². The lowest BCUT2D eigenvalue weighted by Crippen LogP contribution is -2.09. The fourth-order valence-corrected chi connectivity index (χ4v) is 2.00. The van der Waals surface area contributed by atoms with Gasteiger partial charge in [0.1, 0.15) is 6.61 Å². The fourth-order valence-electron chi connectivity index (χ4n) is 2.00. The second kappa shape index (κ2) is 7.46. The molecule has 0 heterocycles. The Morgan fingerprint density at radius 2 is 1.50 bits per heavy atom. The number of benzene rings is 2. The molecule has 0 aliphatic heterocycles. The summed E-state index contributed by atoms with van der Waals surface area (Å²) < 4.78 is 5.03. The van der Waals surface area contributed by atoms with Crippen LogP contribution in [0.1, 0.15) is 16.7 Å². The van der Waals surface area contributed by atoms with Crippen molar-refractivity contribution >= 4 is 5.97 Å². The second-order valence-electron chi connectivity index (χ2n) is 4.68. The lowest BCUT2D eigenvalue weighted by molar-refractivity contribution is -0.142. The van der Waals surface area contributed by atoms with Crippen molar-refractivity contribution in [1.29, 1.82) is 0 Å². The lowest BCUT2D eigenvalue weighted by Gasteiger charge is -2.05. The minimum Gasteiger partial charge on any atom is -0.480 e. The molecule has 0 aliphatic carbocycles. The number of carboxylic acids is 1. The van der Waals surface area contributed by atoms with E-state index < -0.39 is 5.97 Å². The Morgan fingerprint density at radius 1 is 0.900 bits per heavy atom. The molecule has 0 unspecified atom stereocenters. The second-order valence-corrected chi connectivity index (χ2v) is 4.68. The molecule has 2 aromatic rings. The summed E-state index contributed by atoms with van der Waals surface area (Å²) in [4.78, 5) is 10.3. The number of aliphatic carboxylic acids is 1. The van der Waals surface area contributed by atoms with Crippen LogP contribution in [-0.2, 0) is 22.4 Å². The van der Waals surface area contributed by atoms with Gasteiger partial charge in [-0.1, -0.05) is 54.6 Å². The van der Waals surface area contributed by atoms with Gasteiger partial charge in [-0.05, 0) is 29.5 Å². The predicted octanol–water partition coefficient (Wildman–Crippen LogP) is 2.92. The van der Waals surface area contributed by atoms with Gasteiger partial charge in [0, 0.05) is 0 Å². The number of carbonyl (C=O) groups is 1. The SMILES string of the molecule is O=C(O)COCCc1ccc(Cc2ccccc2)cc1. The summed E-state index contributed by atoms with van der Waals surface area (Å²) in [5, 5.41) is 8.46. The summed E-state index contributed by atoms with van der Waals surface area (Å²) in [6, 6.07) is 18.7. The van der Waals surface area contributed by atoms with Crippen LogP contribution in [0.15, 0.2) is 54.6 Å². The van der Waals surface area contributed by atoms with E-state index in [0.717, 1.165) is 18.4 Å². The van der Waals surface area contributed by atoms with Crippen molar-refractivity contribution < 1.29 is 14.6 Å². The van der Waals surface area contributed by atoms with Gasteiger partial charge in [0.05, 0.1) is 6.61 Å². The molecule has 0 fully saturated rings. The highest BCUT2D eigenvalue weighted by Gasteiger charge is 1.99. The minimum absolute atomic E-state index is 0.230. The molecular formula is C17H18O3. The molecule has 3 heteroatoms. The summed E-state index contributed by atoms with van der Waals surface area (Å²) in [5.41, 5.74) is 3.73. The molecule has 1 N–H and O–H groups in total. The van der Waals surface area contributed by atoms with E-state index in [4.69, 9.17) is 9.84 Å². The molecule has 0 saturated heterocycles. The molecule has 0 spiro atoms. The van der Waals surface area contributed by atoms with Gasteiger partial charge in [0.2, 0.25) is 0 Å². The molecule has 3 nitrogen and oxygen atoms in total. The summed E-state index contributed by atoms with van der Waals surface area (Å²) in [6.07, 6.45) is 1.66. The monoisotopic (exact) mass is 270 g/mol. The zero-order valence-electron chi connectivity index (χ0n) is 11.3.